The van der Waals surface area contributed by atoms with E-state index in [0.717, 1.165) is 32.0 Å². The molecule has 0 aliphatic carbocycles. The average Bonchev–Trinajstić information content (AvgIpc) is 2.78. The summed E-state index contributed by atoms with van der Waals surface area (Å²) >= 11 is 6.06. The highest BCUT2D eigenvalue weighted by Gasteiger charge is 2.29. The van der Waals surface area contributed by atoms with Gasteiger partial charge in [0, 0.05) is 37.4 Å². The Hall–Kier alpha value is -1.26. The molecule has 1 atom stereocenters. The van der Waals surface area contributed by atoms with E-state index >= 15 is 0 Å². The van der Waals surface area contributed by atoms with Crippen LogP contribution in [0.2, 0.25) is 0 Å². The number of carbonyl (C=O) groups is 1. The molecule has 1 aromatic rings. The van der Waals surface area contributed by atoms with Gasteiger partial charge in [-0.3, -0.25) is 4.79 Å². The molecule has 0 bridgehead atoms. The van der Waals surface area contributed by atoms with Gasteiger partial charge < -0.3 is 14.5 Å². The van der Waals surface area contributed by atoms with Crippen LogP contribution in [0.25, 0.3) is 0 Å². The van der Waals surface area contributed by atoms with Gasteiger partial charge in [0.2, 0.25) is 5.91 Å². The highest BCUT2D eigenvalue weighted by Crippen LogP contribution is 2.29. The van der Waals surface area contributed by atoms with Crippen molar-refractivity contribution in [3.8, 4) is 0 Å². The summed E-state index contributed by atoms with van der Waals surface area (Å²) in [5, 5.41) is -0.0678. The summed E-state index contributed by atoms with van der Waals surface area (Å²) in [5.41, 5.74) is 3.37. The zero-order valence-corrected chi connectivity index (χ0v) is 12.4. The van der Waals surface area contributed by atoms with E-state index in [1.54, 1.807) is 4.90 Å². The molecule has 2 fully saturated rings. The average molecular weight is 295 g/mol. The van der Waals surface area contributed by atoms with Crippen molar-refractivity contribution in [2.75, 3.05) is 42.6 Å². The van der Waals surface area contributed by atoms with Crippen molar-refractivity contribution in [3.05, 3.63) is 23.8 Å². The highest BCUT2D eigenvalue weighted by molar-refractivity contribution is 6.24. The summed E-state index contributed by atoms with van der Waals surface area (Å²) in [6.45, 7) is 6.10. The number of hydrogen-bond donors (Lipinski definition) is 0. The summed E-state index contributed by atoms with van der Waals surface area (Å²) in [6, 6.07) is 6.20. The zero-order valence-electron chi connectivity index (χ0n) is 11.6. The summed E-state index contributed by atoms with van der Waals surface area (Å²) in [5.74, 6) is 0.114. The highest BCUT2D eigenvalue weighted by atomic mass is 35.5. The third kappa shape index (κ3) is 2.63. The minimum absolute atomic E-state index is 0.0678. The first kappa shape index (κ1) is 13.7. The number of carbonyl (C=O) groups excluding carboxylic acids is 1. The fourth-order valence-corrected chi connectivity index (χ4v) is 3.15. The number of hydrogen-bond acceptors (Lipinski definition) is 3. The maximum absolute atomic E-state index is 11.9. The SMILES string of the molecule is Cc1cc(N2CC(Cl)CC2=O)ccc1N1CCOCC1. The van der Waals surface area contributed by atoms with Crippen molar-refractivity contribution in [1.82, 2.24) is 0 Å². The molecule has 4 nitrogen and oxygen atoms in total. The Labute approximate surface area is 124 Å². The van der Waals surface area contributed by atoms with Crippen LogP contribution in [0.1, 0.15) is 12.0 Å². The van der Waals surface area contributed by atoms with Crippen LogP contribution in [-0.4, -0.2) is 44.1 Å². The lowest BCUT2D eigenvalue weighted by atomic mass is 10.1. The van der Waals surface area contributed by atoms with Gasteiger partial charge in [-0.2, -0.15) is 0 Å². The molecular formula is C15H19ClN2O2. The molecule has 0 aromatic heterocycles. The summed E-state index contributed by atoms with van der Waals surface area (Å²) in [4.78, 5) is 16.0. The molecule has 0 radical (unpaired) electrons. The molecule has 2 aliphatic heterocycles. The molecule has 3 rings (SSSR count). The Bertz CT molecular complexity index is 515. The number of alkyl halides is 1. The number of nitrogens with zero attached hydrogens (tertiary/aromatic N) is 2. The van der Waals surface area contributed by atoms with Gasteiger partial charge in [0.1, 0.15) is 0 Å². The number of amides is 1. The normalized spacial score (nSPS) is 23.5. The quantitative estimate of drug-likeness (QED) is 0.784. The van der Waals surface area contributed by atoms with Gasteiger partial charge in [0.15, 0.2) is 0 Å². The van der Waals surface area contributed by atoms with E-state index in [9.17, 15) is 4.79 Å². The standard InChI is InChI=1S/C15H19ClN2O2/c1-11-8-13(18-10-12(16)9-15(18)19)2-3-14(11)17-4-6-20-7-5-17/h2-3,8,12H,4-7,9-10H2,1H3. The lowest BCUT2D eigenvalue weighted by molar-refractivity contribution is -0.117. The minimum atomic E-state index is -0.0678. The Morgan fingerprint density at radius 1 is 1.30 bits per heavy atom. The molecule has 2 saturated heterocycles. The summed E-state index contributed by atoms with van der Waals surface area (Å²) in [7, 11) is 0. The second-order valence-corrected chi connectivity index (χ2v) is 5.99. The molecule has 1 amide bonds. The van der Waals surface area contributed by atoms with Crippen molar-refractivity contribution >= 4 is 28.9 Å². The lowest BCUT2D eigenvalue weighted by Crippen LogP contribution is -2.36. The first-order chi connectivity index (χ1) is 9.65. The second kappa shape index (κ2) is 5.62. The van der Waals surface area contributed by atoms with Gasteiger partial charge in [-0.05, 0) is 30.7 Å². The van der Waals surface area contributed by atoms with Gasteiger partial charge in [0.25, 0.3) is 0 Å². The van der Waals surface area contributed by atoms with Crippen LogP contribution in [0.15, 0.2) is 18.2 Å². The topological polar surface area (TPSA) is 32.8 Å². The van der Waals surface area contributed by atoms with E-state index in [1.807, 2.05) is 6.07 Å². The molecule has 2 heterocycles. The van der Waals surface area contributed by atoms with Crippen LogP contribution in [0.5, 0.6) is 0 Å². The molecular weight excluding hydrogens is 276 g/mol. The number of aryl methyl sites for hydroxylation is 1. The van der Waals surface area contributed by atoms with Crippen molar-refractivity contribution < 1.29 is 9.53 Å². The van der Waals surface area contributed by atoms with Crippen LogP contribution >= 0.6 is 11.6 Å². The van der Waals surface area contributed by atoms with Crippen molar-refractivity contribution in [2.24, 2.45) is 0 Å². The molecule has 0 N–H and O–H groups in total. The lowest BCUT2D eigenvalue weighted by Gasteiger charge is -2.30. The number of morpholine rings is 1. The molecule has 108 valence electrons. The summed E-state index contributed by atoms with van der Waals surface area (Å²) in [6.07, 6.45) is 0.436. The molecule has 1 aromatic carbocycles. The van der Waals surface area contributed by atoms with E-state index in [1.165, 1.54) is 11.3 Å². The van der Waals surface area contributed by atoms with Gasteiger partial charge >= 0.3 is 0 Å². The number of benzene rings is 1. The fourth-order valence-electron chi connectivity index (χ4n) is 2.88. The van der Waals surface area contributed by atoms with E-state index in [0.29, 0.717) is 13.0 Å². The molecule has 5 heteroatoms. The molecule has 2 aliphatic rings. The smallest absolute Gasteiger partial charge is 0.228 e. The second-order valence-electron chi connectivity index (χ2n) is 5.38. The minimum Gasteiger partial charge on any atom is -0.378 e. The van der Waals surface area contributed by atoms with E-state index in [4.69, 9.17) is 16.3 Å². The van der Waals surface area contributed by atoms with Crippen molar-refractivity contribution in [1.29, 1.82) is 0 Å². The van der Waals surface area contributed by atoms with E-state index in [-0.39, 0.29) is 11.3 Å². The largest absolute Gasteiger partial charge is 0.378 e. The Kier molecular flexibility index (Phi) is 3.85. The molecule has 0 spiro atoms. The number of ether oxygens (including phenoxy) is 1. The van der Waals surface area contributed by atoms with Crippen LogP contribution in [0.4, 0.5) is 11.4 Å². The van der Waals surface area contributed by atoms with Crippen LogP contribution < -0.4 is 9.80 Å². The third-order valence-electron chi connectivity index (χ3n) is 3.92. The predicted molar refractivity (Wildman–Crippen MR) is 80.8 cm³/mol. The summed E-state index contributed by atoms with van der Waals surface area (Å²) < 4.78 is 5.38. The first-order valence-corrected chi connectivity index (χ1v) is 7.46. The van der Waals surface area contributed by atoms with Gasteiger partial charge in [-0.25, -0.2) is 0 Å². The van der Waals surface area contributed by atoms with Crippen LogP contribution in [-0.2, 0) is 9.53 Å². The Morgan fingerprint density at radius 2 is 2.05 bits per heavy atom. The first-order valence-electron chi connectivity index (χ1n) is 7.03. The molecule has 1 unspecified atom stereocenters. The maximum Gasteiger partial charge on any atom is 0.228 e. The molecule has 0 saturated carbocycles. The Balaban J connectivity index is 1.82. The van der Waals surface area contributed by atoms with Crippen LogP contribution in [0, 0.1) is 6.92 Å². The number of anilines is 2. The van der Waals surface area contributed by atoms with Crippen LogP contribution in [0.3, 0.4) is 0 Å². The van der Waals surface area contributed by atoms with E-state index in [2.05, 4.69) is 24.0 Å². The van der Waals surface area contributed by atoms with Crippen molar-refractivity contribution in [3.63, 3.8) is 0 Å². The van der Waals surface area contributed by atoms with Crippen molar-refractivity contribution in [2.45, 2.75) is 18.7 Å². The Morgan fingerprint density at radius 3 is 2.65 bits per heavy atom. The van der Waals surface area contributed by atoms with Gasteiger partial charge in [0.05, 0.1) is 18.6 Å². The number of rotatable bonds is 2. The molecule has 20 heavy (non-hydrogen) atoms. The third-order valence-corrected chi connectivity index (χ3v) is 4.21. The number of halogens is 1. The predicted octanol–water partition coefficient (Wildman–Crippen LogP) is 2.18. The van der Waals surface area contributed by atoms with E-state index < -0.39 is 0 Å². The zero-order chi connectivity index (χ0) is 14.1. The monoisotopic (exact) mass is 294 g/mol. The maximum atomic E-state index is 11.9. The van der Waals surface area contributed by atoms with Gasteiger partial charge in [-0.15, -0.1) is 11.6 Å². The van der Waals surface area contributed by atoms with Gasteiger partial charge in [-0.1, -0.05) is 0 Å². The fraction of sp³-hybridized carbons (Fsp3) is 0.533.